The van der Waals surface area contributed by atoms with Gasteiger partial charge < -0.3 is 11.1 Å². The van der Waals surface area contributed by atoms with Crippen LogP contribution in [0.25, 0.3) is 0 Å². The Morgan fingerprint density at radius 3 is 2.33 bits per heavy atom. The first-order valence-electron chi connectivity index (χ1n) is 5.93. The summed E-state index contributed by atoms with van der Waals surface area (Å²) in [4.78, 5) is 12.1. The molecule has 0 unspecified atom stereocenters. The predicted molar refractivity (Wildman–Crippen MR) is 71.9 cm³/mol. The Balaban J connectivity index is 2.12. The third kappa shape index (κ3) is 2.76. The van der Waals surface area contributed by atoms with Gasteiger partial charge in [0, 0.05) is 11.3 Å². The quantitative estimate of drug-likeness (QED) is 0.847. The van der Waals surface area contributed by atoms with Crippen molar-refractivity contribution >= 4 is 11.6 Å². The Morgan fingerprint density at radius 2 is 1.67 bits per heavy atom. The Labute approximate surface area is 107 Å². The smallest absolute Gasteiger partial charge is 0.287 e. The van der Waals surface area contributed by atoms with Crippen molar-refractivity contribution in [2.24, 2.45) is 0 Å². The molecule has 0 spiro atoms. The van der Waals surface area contributed by atoms with Crippen molar-refractivity contribution in [3.63, 3.8) is 0 Å². The first-order valence-corrected chi connectivity index (χ1v) is 5.93. The lowest BCUT2D eigenvalue weighted by molar-refractivity contribution is -0.408. The fraction of sp³-hybridized carbons (Fsp3) is 0.133. The molecular weight excluding hydrogens is 224 g/mol. The van der Waals surface area contributed by atoms with Crippen molar-refractivity contribution in [3.05, 3.63) is 65.7 Å². The molecule has 0 bridgehead atoms. The molecule has 4 N–H and O–H groups in total. The molecule has 92 valence electrons. The molecule has 0 saturated heterocycles. The normalized spacial score (nSPS) is 11.9. The van der Waals surface area contributed by atoms with Crippen LogP contribution in [0.3, 0.4) is 0 Å². The number of amides is 1. The number of carbonyl (C=O) groups excluding carboxylic acids is 1. The van der Waals surface area contributed by atoms with Crippen molar-refractivity contribution in [1.29, 1.82) is 0 Å². The molecule has 0 aliphatic rings. The van der Waals surface area contributed by atoms with E-state index in [9.17, 15) is 4.79 Å². The minimum Gasteiger partial charge on any atom is -0.343 e. The third-order valence-corrected chi connectivity index (χ3v) is 2.92. The number of nitrogens with one attached hydrogen (secondary N) is 1. The van der Waals surface area contributed by atoms with Crippen LogP contribution in [-0.4, -0.2) is 5.91 Å². The summed E-state index contributed by atoms with van der Waals surface area (Å²) in [5.74, 6) is -0.0875. The van der Waals surface area contributed by atoms with Crippen LogP contribution in [0.5, 0.6) is 0 Å². The van der Waals surface area contributed by atoms with E-state index in [2.05, 4.69) is 11.1 Å². The molecule has 2 rings (SSSR count). The number of para-hydroxylation sites is 1. The zero-order chi connectivity index (χ0) is 13.0. The van der Waals surface area contributed by atoms with E-state index in [4.69, 9.17) is 0 Å². The second-order valence-electron chi connectivity index (χ2n) is 4.27. The molecule has 0 saturated carbocycles. The van der Waals surface area contributed by atoms with Crippen LogP contribution in [0, 0.1) is 6.92 Å². The SMILES string of the molecule is Cc1ccccc1NC(=O)[C@H]([NH3+])c1ccccc1. The van der Waals surface area contributed by atoms with Gasteiger partial charge in [0.25, 0.3) is 5.91 Å². The van der Waals surface area contributed by atoms with E-state index in [1.165, 1.54) is 0 Å². The van der Waals surface area contributed by atoms with Gasteiger partial charge in [0.1, 0.15) is 0 Å². The van der Waals surface area contributed by atoms with Gasteiger partial charge in [0.15, 0.2) is 6.04 Å². The zero-order valence-electron chi connectivity index (χ0n) is 10.4. The van der Waals surface area contributed by atoms with Crippen LogP contribution in [0.2, 0.25) is 0 Å². The highest BCUT2D eigenvalue weighted by Crippen LogP contribution is 2.16. The Hall–Kier alpha value is -2.13. The number of benzene rings is 2. The van der Waals surface area contributed by atoms with Gasteiger partial charge in [-0.15, -0.1) is 0 Å². The molecule has 2 aromatic carbocycles. The van der Waals surface area contributed by atoms with Crippen molar-refractivity contribution in [3.8, 4) is 0 Å². The summed E-state index contributed by atoms with van der Waals surface area (Å²) >= 11 is 0. The second-order valence-corrected chi connectivity index (χ2v) is 4.27. The molecule has 0 fully saturated rings. The molecule has 2 aromatic rings. The molecule has 3 heteroatoms. The number of rotatable bonds is 3. The summed E-state index contributed by atoms with van der Waals surface area (Å²) in [6.45, 7) is 1.97. The molecule has 0 aromatic heterocycles. The van der Waals surface area contributed by atoms with Crippen LogP contribution >= 0.6 is 0 Å². The lowest BCUT2D eigenvalue weighted by atomic mass is 10.1. The van der Waals surface area contributed by atoms with Crippen molar-refractivity contribution in [1.82, 2.24) is 0 Å². The molecule has 1 atom stereocenters. The van der Waals surface area contributed by atoms with Gasteiger partial charge in [-0.05, 0) is 18.6 Å². The van der Waals surface area contributed by atoms with E-state index in [1.807, 2.05) is 61.5 Å². The monoisotopic (exact) mass is 241 g/mol. The molecular formula is C15H17N2O+. The van der Waals surface area contributed by atoms with Crippen molar-refractivity contribution in [2.75, 3.05) is 5.32 Å². The van der Waals surface area contributed by atoms with Crippen LogP contribution < -0.4 is 11.1 Å². The number of hydrogen-bond acceptors (Lipinski definition) is 1. The van der Waals surface area contributed by atoms with Gasteiger partial charge in [0.2, 0.25) is 0 Å². The highest BCUT2D eigenvalue weighted by Gasteiger charge is 2.19. The molecule has 0 aliphatic heterocycles. The first-order chi connectivity index (χ1) is 8.68. The number of aryl methyl sites for hydroxylation is 1. The highest BCUT2D eigenvalue weighted by molar-refractivity contribution is 5.95. The summed E-state index contributed by atoms with van der Waals surface area (Å²) in [5, 5.41) is 2.91. The fourth-order valence-electron chi connectivity index (χ4n) is 1.77. The van der Waals surface area contributed by atoms with E-state index in [-0.39, 0.29) is 5.91 Å². The number of anilines is 1. The van der Waals surface area contributed by atoms with E-state index in [1.54, 1.807) is 0 Å². The fourth-order valence-corrected chi connectivity index (χ4v) is 1.77. The van der Waals surface area contributed by atoms with E-state index in [0.29, 0.717) is 0 Å². The summed E-state index contributed by atoms with van der Waals surface area (Å²) in [6.07, 6.45) is 0. The molecule has 0 radical (unpaired) electrons. The lowest BCUT2D eigenvalue weighted by Crippen LogP contribution is -2.58. The predicted octanol–water partition coefficient (Wildman–Crippen LogP) is 1.92. The van der Waals surface area contributed by atoms with Gasteiger partial charge >= 0.3 is 0 Å². The van der Waals surface area contributed by atoms with Gasteiger partial charge in [-0.3, -0.25) is 4.79 Å². The maximum absolute atomic E-state index is 12.1. The van der Waals surface area contributed by atoms with Gasteiger partial charge in [-0.2, -0.15) is 0 Å². The van der Waals surface area contributed by atoms with E-state index < -0.39 is 6.04 Å². The maximum Gasteiger partial charge on any atom is 0.287 e. The summed E-state index contributed by atoms with van der Waals surface area (Å²) in [5.41, 5.74) is 6.73. The second kappa shape index (κ2) is 5.47. The topological polar surface area (TPSA) is 56.7 Å². The van der Waals surface area contributed by atoms with Crippen LogP contribution in [0.1, 0.15) is 17.2 Å². The standard InChI is InChI=1S/C15H16N2O/c1-11-7-5-6-10-13(11)17-15(18)14(16)12-8-3-2-4-9-12/h2-10,14H,16H2,1H3,(H,17,18)/p+1/t14-/m1/s1. The largest absolute Gasteiger partial charge is 0.343 e. The molecule has 1 amide bonds. The van der Waals surface area contributed by atoms with Gasteiger partial charge in [-0.25, -0.2) is 0 Å². The average molecular weight is 241 g/mol. The van der Waals surface area contributed by atoms with Crippen molar-refractivity contribution < 1.29 is 10.5 Å². The summed E-state index contributed by atoms with van der Waals surface area (Å²) in [7, 11) is 0. The zero-order valence-corrected chi connectivity index (χ0v) is 10.4. The molecule has 3 nitrogen and oxygen atoms in total. The number of hydrogen-bond donors (Lipinski definition) is 2. The average Bonchev–Trinajstić information content (AvgIpc) is 2.41. The van der Waals surface area contributed by atoms with Crippen molar-refractivity contribution in [2.45, 2.75) is 13.0 Å². The lowest BCUT2D eigenvalue weighted by Gasteiger charge is -2.11. The Kier molecular flexibility index (Phi) is 3.75. The summed E-state index contributed by atoms with van der Waals surface area (Å²) in [6, 6.07) is 16.9. The molecule has 0 heterocycles. The number of quaternary nitrogens is 1. The minimum atomic E-state index is -0.397. The Bertz CT molecular complexity index is 537. The maximum atomic E-state index is 12.1. The van der Waals surface area contributed by atoms with Crippen LogP contribution in [-0.2, 0) is 4.79 Å². The van der Waals surface area contributed by atoms with E-state index >= 15 is 0 Å². The third-order valence-electron chi connectivity index (χ3n) is 2.92. The number of carbonyl (C=O) groups is 1. The minimum absolute atomic E-state index is 0.0875. The molecule has 0 aliphatic carbocycles. The highest BCUT2D eigenvalue weighted by atomic mass is 16.2. The Morgan fingerprint density at radius 1 is 1.06 bits per heavy atom. The van der Waals surface area contributed by atoms with Gasteiger partial charge in [-0.1, -0.05) is 48.5 Å². The summed E-state index contributed by atoms with van der Waals surface area (Å²) < 4.78 is 0. The first kappa shape index (κ1) is 12.3. The molecule has 18 heavy (non-hydrogen) atoms. The van der Waals surface area contributed by atoms with E-state index in [0.717, 1.165) is 16.8 Å². The van der Waals surface area contributed by atoms with Crippen LogP contribution in [0.15, 0.2) is 54.6 Å². The van der Waals surface area contributed by atoms with Crippen LogP contribution in [0.4, 0.5) is 5.69 Å². The van der Waals surface area contributed by atoms with Gasteiger partial charge in [0.05, 0.1) is 0 Å².